The Morgan fingerprint density at radius 2 is 2.50 bits per heavy atom. The molecule has 5 nitrogen and oxygen atoms in total. The Balaban J connectivity index is 3.23. The lowest BCUT2D eigenvalue weighted by molar-refractivity contribution is 0.191. The molecule has 1 unspecified atom stereocenters. The molecule has 46 valence electrons. The van der Waals surface area contributed by atoms with Gasteiger partial charge in [0.25, 0.3) is 0 Å². The van der Waals surface area contributed by atoms with Crippen LogP contribution in [0.1, 0.15) is 0 Å². The molecule has 0 aliphatic carbocycles. The third kappa shape index (κ3) is 3.42. The van der Waals surface area contributed by atoms with Crippen molar-refractivity contribution in [3.63, 3.8) is 0 Å². The van der Waals surface area contributed by atoms with E-state index in [-0.39, 0.29) is 13.1 Å². The molecule has 0 bridgehead atoms. The van der Waals surface area contributed by atoms with E-state index in [4.69, 9.17) is 16.4 Å². The van der Waals surface area contributed by atoms with Crippen molar-refractivity contribution in [2.75, 3.05) is 13.1 Å². The highest BCUT2D eigenvalue weighted by atomic mass is 16.3. The quantitative estimate of drug-likeness (QED) is 0.298. The van der Waals surface area contributed by atoms with E-state index < -0.39 is 6.10 Å². The Labute approximate surface area is 46.7 Å². The lowest BCUT2D eigenvalue weighted by Gasteiger charge is -1.98. The van der Waals surface area contributed by atoms with Crippen molar-refractivity contribution in [1.29, 1.82) is 0 Å². The molecule has 5 heteroatoms. The largest absolute Gasteiger partial charge is 0.392 e. The van der Waals surface area contributed by atoms with E-state index in [1.54, 1.807) is 0 Å². The summed E-state index contributed by atoms with van der Waals surface area (Å²) in [7, 11) is 0. The summed E-state index contributed by atoms with van der Waals surface area (Å²) >= 11 is 0. The van der Waals surface area contributed by atoms with Crippen LogP contribution in [0.5, 0.6) is 0 Å². The molecule has 0 heterocycles. The maximum atomic E-state index is 8.60. The second-order valence-corrected chi connectivity index (χ2v) is 1.30. The number of nitrogens with two attached hydrogens (primary N) is 1. The van der Waals surface area contributed by atoms with Crippen LogP contribution in [0.3, 0.4) is 0 Å². The van der Waals surface area contributed by atoms with Gasteiger partial charge in [0.05, 0.1) is 12.6 Å². The topological polar surface area (TPSA) is 95.0 Å². The molecule has 0 aliphatic rings. The maximum Gasteiger partial charge on any atom is 0.0718 e. The minimum absolute atomic E-state index is 0.0625. The second kappa shape index (κ2) is 4.39. The van der Waals surface area contributed by atoms with Crippen molar-refractivity contribution < 1.29 is 5.11 Å². The number of azide groups is 1. The second-order valence-electron chi connectivity index (χ2n) is 1.30. The number of rotatable bonds is 3. The molecule has 0 aromatic carbocycles. The number of hydrogen-bond acceptors (Lipinski definition) is 3. The fourth-order valence-electron chi connectivity index (χ4n) is 0.205. The van der Waals surface area contributed by atoms with Crippen LogP contribution in [0.2, 0.25) is 0 Å². The number of aliphatic hydroxyl groups is 1. The first-order valence-corrected chi connectivity index (χ1v) is 2.20. The molecule has 0 aliphatic heterocycles. The first kappa shape index (κ1) is 7.23. The highest BCUT2D eigenvalue weighted by molar-refractivity contribution is 4.58. The number of aliphatic hydroxyl groups excluding tert-OH is 1. The molecule has 0 spiro atoms. The molecular weight excluding hydrogens is 108 g/mol. The van der Waals surface area contributed by atoms with E-state index in [9.17, 15) is 0 Å². The predicted octanol–water partition coefficient (Wildman–Crippen LogP) is -0.384. The monoisotopic (exact) mass is 116 g/mol. The van der Waals surface area contributed by atoms with Crippen molar-refractivity contribution in [1.82, 2.24) is 0 Å². The van der Waals surface area contributed by atoms with Crippen LogP contribution in [-0.4, -0.2) is 24.3 Å². The molecule has 0 saturated heterocycles. The SMILES string of the molecule is [N-]=[N+]=NCC(O)CN. The molecule has 0 aromatic heterocycles. The van der Waals surface area contributed by atoms with E-state index in [2.05, 4.69) is 10.0 Å². The van der Waals surface area contributed by atoms with Gasteiger partial charge in [0, 0.05) is 11.5 Å². The third-order valence-electron chi connectivity index (χ3n) is 0.628. The Hall–Kier alpha value is -0.770. The van der Waals surface area contributed by atoms with Crippen molar-refractivity contribution in [3.8, 4) is 0 Å². The van der Waals surface area contributed by atoms with Gasteiger partial charge in [0.2, 0.25) is 0 Å². The van der Waals surface area contributed by atoms with Gasteiger partial charge in [-0.2, -0.15) is 0 Å². The Morgan fingerprint density at radius 3 is 2.88 bits per heavy atom. The smallest absolute Gasteiger partial charge is 0.0718 e. The zero-order valence-electron chi connectivity index (χ0n) is 4.36. The summed E-state index contributed by atoms with van der Waals surface area (Å²) in [6.45, 7) is 0.200. The molecular formula is C3H8N4O. The van der Waals surface area contributed by atoms with E-state index >= 15 is 0 Å². The van der Waals surface area contributed by atoms with Crippen molar-refractivity contribution >= 4 is 0 Å². The Bertz CT molecular complexity index is 97.5. The molecule has 1 atom stereocenters. The number of nitrogens with zero attached hydrogens (tertiary/aromatic N) is 3. The Kier molecular flexibility index (Phi) is 3.97. The fraction of sp³-hybridized carbons (Fsp3) is 1.00. The van der Waals surface area contributed by atoms with Crippen LogP contribution in [0.25, 0.3) is 10.4 Å². The van der Waals surface area contributed by atoms with E-state index in [0.29, 0.717) is 0 Å². The number of hydrogen-bond donors (Lipinski definition) is 2. The molecule has 0 rings (SSSR count). The average molecular weight is 116 g/mol. The summed E-state index contributed by atoms with van der Waals surface area (Å²) < 4.78 is 0. The highest BCUT2D eigenvalue weighted by Gasteiger charge is 1.94. The molecule has 0 radical (unpaired) electrons. The third-order valence-corrected chi connectivity index (χ3v) is 0.628. The van der Waals surface area contributed by atoms with Gasteiger partial charge in [0.15, 0.2) is 0 Å². The summed E-state index contributed by atoms with van der Waals surface area (Å²) in [4.78, 5) is 2.43. The summed E-state index contributed by atoms with van der Waals surface area (Å²) in [6, 6.07) is 0. The fourth-order valence-corrected chi connectivity index (χ4v) is 0.205. The molecule has 0 saturated carbocycles. The van der Waals surface area contributed by atoms with Crippen LogP contribution in [-0.2, 0) is 0 Å². The maximum absolute atomic E-state index is 8.60. The van der Waals surface area contributed by atoms with Crippen molar-refractivity contribution in [3.05, 3.63) is 10.4 Å². The molecule has 8 heavy (non-hydrogen) atoms. The van der Waals surface area contributed by atoms with Crippen LogP contribution >= 0.6 is 0 Å². The van der Waals surface area contributed by atoms with Gasteiger partial charge in [-0.1, -0.05) is 5.11 Å². The van der Waals surface area contributed by atoms with Gasteiger partial charge in [-0.3, -0.25) is 0 Å². The van der Waals surface area contributed by atoms with E-state index in [1.165, 1.54) is 0 Å². The van der Waals surface area contributed by atoms with Gasteiger partial charge in [0.1, 0.15) is 0 Å². The molecule has 0 aromatic rings. The van der Waals surface area contributed by atoms with Gasteiger partial charge in [-0.25, -0.2) is 0 Å². The minimum atomic E-state index is -0.689. The van der Waals surface area contributed by atoms with E-state index in [0.717, 1.165) is 0 Å². The zero-order chi connectivity index (χ0) is 6.41. The zero-order valence-corrected chi connectivity index (χ0v) is 4.36. The van der Waals surface area contributed by atoms with Gasteiger partial charge in [-0.05, 0) is 5.53 Å². The molecule has 0 fully saturated rings. The van der Waals surface area contributed by atoms with Crippen LogP contribution in [0.15, 0.2) is 5.11 Å². The molecule has 3 N–H and O–H groups in total. The first-order valence-electron chi connectivity index (χ1n) is 2.20. The van der Waals surface area contributed by atoms with Crippen molar-refractivity contribution in [2.24, 2.45) is 10.8 Å². The normalized spacial score (nSPS) is 12.2. The van der Waals surface area contributed by atoms with Gasteiger partial charge >= 0.3 is 0 Å². The first-order chi connectivity index (χ1) is 3.81. The lowest BCUT2D eigenvalue weighted by atomic mass is 10.4. The predicted molar refractivity (Wildman–Crippen MR) is 29.1 cm³/mol. The van der Waals surface area contributed by atoms with Crippen LogP contribution in [0, 0.1) is 0 Å². The summed E-state index contributed by atoms with van der Waals surface area (Å²) in [5.41, 5.74) is 12.7. The van der Waals surface area contributed by atoms with Crippen molar-refractivity contribution in [2.45, 2.75) is 6.10 Å². The summed E-state index contributed by atoms with van der Waals surface area (Å²) in [5, 5.41) is 11.7. The lowest BCUT2D eigenvalue weighted by Crippen LogP contribution is -2.22. The van der Waals surface area contributed by atoms with Crippen LogP contribution < -0.4 is 5.73 Å². The van der Waals surface area contributed by atoms with Crippen LogP contribution in [0.4, 0.5) is 0 Å². The molecule has 0 amide bonds. The summed E-state index contributed by atoms with van der Waals surface area (Å²) in [5.74, 6) is 0. The van der Waals surface area contributed by atoms with E-state index in [1.807, 2.05) is 0 Å². The summed E-state index contributed by atoms with van der Waals surface area (Å²) in [6.07, 6.45) is -0.689. The van der Waals surface area contributed by atoms with Gasteiger partial charge in [-0.15, -0.1) is 0 Å². The minimum Gasteiger partial charge on any atom is -0.392 e. The standard InChI is InChI=1S/C3H8N4O/c4-1-3(8)2-6-7-5/h3,8H,1-2,4H2. The Morgan fingerprint density at radius 1 is 1.88 bits per heavy atom. The highest BCUT2D eigenvalue weighted by Crippen LogP contribution is 1.78. The average Bonchev–Trinajstić information content (AvgIpc) is 1.83. The van der Waals surface area contributed by atoms with Gasteiger partial charge < -0.3 is 10.8 Å².